The second-order valence-corrected chi connectivity index (χ2v) is 4.11. The predicted octanol–water partition coefficient (Wildman–Crippen LogP) is 2.93. The van der Waals surface area contributed by atoms with Gasteiger partial charge in [-0.05, 0) is 36.7 Å². The Balaban J connectivity index is 2.34. The summed E-state index contributed by atoms with van der Waals surface area (Å²) in [4.78, 5) is 7.98. The molecule has 0 aliphatic heterocycles. The fraction of sp³-hybridized carbons (Fsp3) is 0.0769. The Morgan fingerprint density at radius 2 is 1.84 bits per heavy atom. The van der Waals surface area contributed by atoms with Crippen LogP contribution in [0.15, 0.2) is 24.3 Å². The molecular formula is C13H8ClN5. The van der Waals surface area contributed by atoms with Crippen molar-refractivity contribution in [1.29, 1.82) is 10.5 Å². The van der Waals surface area contributed by atoms with Crippen LogP contribution >= 0.6 is 11.6 Å². The van der Waals surface area contributed by atoms with Crippen LogP contribution in [0.3, 0.4) is 0 Å². The van der Waals surface area contributed by atoms with Gasteiger partial charge in [-0.25, -0.2) is 9.97 Å². The summed E-state index contributed by atoms with van der Waals surface area (Å²) in [6.07, 6.45) is 0. The molecule has 19 heavy (non-hydrogen) atoms. The number of aromatic nitrogens is 2. The van der Waals surface area contributed by atoms with Crippen molar-refractivity contribution in [2.24, 2.45) is 0 Å². The van der Waals surface area contributed by atoms with Gasteiger partial charge in [-0.3, -0.25) is 0 Å². The summed E-state index contributed by atoms with van der Waals surface area (Å²) in [6.45, 7) is 1.80. The average Bonchev–Trinajstić information content (AvgIpc) is 2.37. The molecule has 1 aromatic heterocycles. The van der Waals surface area contributed by atoms with E-state index in [2.05, 4.69) is 15.3 Å². The van der Waals surface area contributed by atoms with Gasteiger partial charge in [-0.2, -0.15) is 10.5 Å². The van der Waals surface area contributed by atoms with E-state index in [4.69, 9.17) is 22.1 Å². The first-order valence-electron chi connectivity index (χ1n) is 5.35. The lowest BCUT2D eigenvalue weighted by Crippen LogP contribution is -1.97. The fourth-order valence-electron chi connectivity index (χ4n) is 1.56. The van der Waals surface area contributed by atoms with E-state index in [1.54, 1.807) is 31.2 Å². The number of rotatable bonds is 2. The molecule has 1 heterocycles. The number of aryl methyl sites for hydroxylation is 1. The lowest BCUT2D eigenvalue weighted by Gasteiger charge is -2.07. The van der Waals surface area contributed by atoms with Crippen molar-refractivity contribution in [3.8, 4) is 12.1 Å². The number of nitrogens with one attached hydrogen (secondary N) is 1. The topological polar surface area (TPSA) is 85.4 Å². The van der Waals surface area contributed by atoms with E-state index in [1.807, 2.05) is 12.1 Å². The molecule has 2 rings (SSSR count). The molecule has 6 heteroatoms. The van der Waals surface area contributed by atoms with Crippen molar-refractivity contribution in [3.05, 3.63) is 46.4 Å². The molecule has 0 radical (unpaired) electrons. The summed E-state index contributed by atoms with van der Waals surface area (Å²) in [5.41, 5.74) is 2.04. The number of halogens is 1. The van der Waals surface area contributed by atoms with E-state index in [0.717, 1.165) is 5.69 Å². The van der Waals surface area contributed by atoms with Crippen LogP contribution in [0.2, 0.25) is 5.28 Å². The molecule has 1 aromatic carbocycles. The summed E-state index contributed by atoms with van der Waals surface area (Å²) in [5, 5.41) is 21.0. The van der Waals surface area contributed by atoms with Gasteiger partial charge in [0.25, 0.3) is 0 Å². The minimum Gasteiger partial charge on any atom is -0.340 e. The molecule has 0 aliphatic rings. The Morgan fingerprint density at radius 3 is 2.47 bits per heavy atom. The average molecular weight is 270 g/mol. The minimum atomic E-state index is 0.150. The quantitative estimate of drug-likeness (QED) is 0.847. The monoisotopic (exact) mass is 269 g/mol. The van der Waals surface area contributed by atoms with Gasteiger partial charge in [0.1, 0.15) is 18.0 Å². The number of hydrogen-bond acceptors (Lipinski definition) is 5. The molecule has 92 valence electrons. The molecule has 0 saturated carbocycles. The summed E-state index contributed by atoms with van der Waals surface area (Å²) in [7, 11) is 0. The summed E-state index contributed by atoms with van der Waals surface area (Å²) in [5.74, 6) is 0.533. The van der Waals surface area contributed by atoms with Gasteiger partial charge in [-0.1, -0.05) is 0 Å². The molecule has 0 amide bonds. The second-order valence-electron chi connectivity index (χ2n) is 3.77. The Hall–Kier alpha value is -2.63. The molecule has 5 nitrogen and oxygen atoms in total. The van der Waals surface area contributed by atoms with Gasteiger partial charge < -0.3 is 5.32 Å². The van der Waals surface area contributed by atoms with Gasteiger partial charge >= 0.3 is 0 Å². The highest BCUT2D eigenvalue weighted by molar-refractivity contribution is 6.28. The summed E-state index contributed by atoms with van der Waals surface area (Å²) >= 11 is 5.76. The lowest BCUT2D eigenvalue weighted by atomic mass is 10.1. The summed E-state index contributed by atoms with van der Waals surface area (Å²) in [6, 6.07) is 10.5. The van der Waals surface area contributed by atoms with Crippen LogP contribution in [0, 0.1) is 29.6 Å². The highest BCUT2D eigenvalue weighted by Gasteiger charge is 2.05. The third-order valence-corrected chi connectivity index (χ3v) is 2.53. The zero-order chi connectivity index (χ0) is 13.8. The lowest BCUT2D eigenvalue weighted by molar-refractivity contribution is 1.10. The molecule has 0 saturated heterocycles. The molecule has 1 N–H and O–H groups in total. The Kier molecular flexibility index (Phi) is 3.61. The number of hydrogen-bond donors (Lipinski definition) is 1. The highest BCUT2D eigenvalue weighted by Crippen LogP contribution is 2.19. The van der Waals surface area contributed by atoms with Crippen molar-refractivity contribution in [2.75, 3.05) is 5.32 Å². The zero-order valence-electron chi connectivity index (χ0n) is 9.98. The van der Waals surface area contributed by atoms with Crippen LogP contribution < -0.4 is 5.32 Å². The first-order valence-corrected chi connectivity index (χ1v) is 5.72. The smallest absolute Gasteiger partial charge is 0.224 e. The minimum absolute atomic E-state index is 0.150. The predicted molar refractivity (Wildman–Crippen MR) is 70.9 cm³/mol. The van der Waals surface area contributed by atoms with Crippen LogP contribution in [0.4, 0.5) is 11.5 Å². The van der Waals surface area contributed by atoms with E-state index in [9.17, 15) is 0 Å². The van der Waals surface area contributed by atoms with Gasteiger partial charge in [0, 0.05) is 17.4 Å². The highest BCUT2D eigenvalue weighted by atomic mass is 35.5. The van der Waals surface area contributed by atoms with Crippen molar-refractivity contribution in [1.82, 2.24) is 9.97 Å². The van der Waals surface area contributed by atoms with Gasteiger partial charge in [0.15, 0.2) is 0 Å². The molecule has 0 aliphatic carbocycles. The molecule has 0 atom stereocenters. The van der Waals surface area contributed by atoms with Crippen LogP contribution in [-0.4, -0.2) is 9.97 Å². The largest absolute Gasteiger partial charge is 0.340 e. The Morgan fingerprint density at radius 1 is 1.11 bits per heavy atom. The fourth-order valence-corrected chi connectivity index (χ4v) is 1.78. The first-order chi connectivity index (χ1) is 9.12. The molecule has 0 bridgehead atoms. The zero-order valence-corrected chi connectivity index (χ0v) is 10.7. The molecule has 2 aromatic rings. The molecule has 0 unspecified atom stereocenters. The Bertz CT molecular complexity index is 692. The van der Waals surface area contributed by atoms with Crippen LogP contribution in [0.1, 0.15) is 16.8 Å². The van der Waals surface area contributed by atoms with E-state index in [1.165, 1.54) is 0 Å². The first kappa shape index (κ1) is 12.8. The van der Waals surface area contributed by atoms with Crippen molar-refractivity contribution >= 4 is 23.1 Å². The maximum Gasteiger partial charge on any atom is 0.224 e. The molecule has 0 fully saturated rings. The summed E-state index contributed by atoms with van der Waals surface area (Å²) < 4.78 is 0. The maximum absolute atomic E-state index is 8.95. The van der Waals surface area contributed by atoms with Gasteiger partial charge in [-0.15, -0.1) is 0 Å². The number of anilines is 2. The van der Waals surface area contributed by atoms with Crippen LogP contribution in [0.5, 0.6) is 0 Å². The van der Waals surface area contributed by atoms with Crippen molar-refractivity contribution in [3.63, 3.8) is 0 Å². The van der Waals surface area contributed by atoms with E-state index in [0.29, 0.717) is 22.6 Å². The maximum atomic E-state index is 8.95. The molecular weight excluding hydrogens is 262 g/mol. The van der Waals surface area contributed by atoms with E-state index >= 15 is 0 Å². The van der Waals surface area contributed by atoms with Gasteiger partial charge in [0.2, 0.25) is 5.28 Å². The van der Waals surface area contributed by atoms with Crippen LogP contribution in [0.25, 0.3) is 0 Å². The van der Waals surface area contributed by atoms with Crippen molar-refractivity contribution in [2.45, 2.75) is 6.92 Å². The number of benzene rings is 1. The Labute approximate surface area is 115 Å². The van der Waals surface area contributed by atoms with E-state index < -0.39 is 0 Å². The molecule has 0 spiro atoms. The third kappa shape index (κ3) is 2.98. The standard InChI is InChI=1S/C13H8ClN5/c1-8-4-12(19-13(14)17-8)18-11-3-2-9(6-15)10(5-11)7-16/h2-5H,1H3,(H,17,18,19). The SMILES string of the molecule is Cc1cc(Nc2ccc(C#N)c(C#N)c2)nc(Cl)n1. The normalized spacial score (nSPS) is 9.47. The van der Waals surface area contributed by atoms with Crippen molar-refractivity contribution < 1.29 is 0 Å². The van der Waals surface area contributed by atoms with E-state index in [-0.39, 0.29) is 5.28 Å². The number of nitriles is 2. The second kappa shape index (κ2) is 5.34. The van der Waals surface area contributed by atoms with Crippen LogP contribution in [-0.2, 0) is 0 Å². The number of nitrogens with zero attached hydrogens (tertiary/aromatic N) is 4. The third-order valence-electron chi connectivity index (χ3n) is 2.36. The van der Waals surface area contributed by atoms with Gasteiger partial charge in [0.05, 0.1) is 11.1 Å².